The molecule has 0 aliphatic rings. The molecule has 6 heteroatoms. The molecule has 1 amide bonds. The van der Waals surface area contributed by atoms with Crippen molar-refractivity contribution in [3.8, 4) is 0 Å². The Morgan fingerprint density at radius 1 is 1.10 bits per heavy atom. The monoisotopic (exact) mass is 329 g/mol. The van der Waals surface area contributed by atoms with E-state index in [2.05, 4.69) is 5.32 Å². The fourth-order valence-electron chi connectivity index (χ4n) is 1.69. The first-order valence-electron chi connectivity index (χ1n) is 6.61. The van der Waals surface area contributed by atoms with Crippen LogP contribution in [0, 0.1) is 0 Å². The summed E-state index contributed by atoms with van der Waals surface area (Å²) in [6.07, 6.45) is 5.39. The van der Waals surface area contributed by atoms with E-state index >= 15 is 0 Å². The zero-order valence-corrected chi connectivity index (χ0v) is 13.0. The molecule has 2 N–H and O–H groups in total. The zero-order valence-electron chi connectivity index (χ0n) is 11.4. The molecular weight excluding hydrogens is 313 g/mol. The number of nitrogens with one attached hydrogen (secondary N) is 1. The minimum absolute atomic E-state index is 0.170. The van der Waals surface area contributed by atoms with Crippen LogP contribution in [0.1, 0.15) is 31.2 Å². The molecule has 114 valence electrons. The number of amides is 1. The molecular formula is C15H17Cl2NO3. The summed E-state index contributed by atoms with van der Waals surface area (Å²) < 4.78 is 0. The Hall–Kier alpha value is -1.52. The Bertz CT molecular complexity index is 509. The molecule has 0 saturated carbocycles. The van der Waals surface area contributed by atoms with Crippen LogP contribution >= 0.6 is 23.2 Å². The number of carbonyl (C=O) groups excluding carboxylic acids is 1. The molecule has 0 aromatic heterocycles. The van der Waals surface area contributed by atoms with E-state index in [1.165, 1.54) is 6.08 Å². The lowest BCUT2D eigenvalue weighted by Gasteiger charge is -2.02. The molecule has 21 heavy (non-hydrogen) atoms. The normalized spacial score (nSPS) is 10.8. The van der Waals surface area contributed by atoms with Crippen molar-refractivity contribution in [2.24, 2.45) is 0 Å². The van der Waals surface area contributed by atoms with Gasteiger partial charge in [0.2, 0.25) is 5.91 Å². The van der Waals surface area contributed by atoms with Crippen LogP contribution in [-0.4, -0.2) is 23.5 Å². The molecule has 0 saturated heterocycles. The van der Waals surface area contributed by atoms with Crippen LogP contribution in [0.15, 0.2) is 24.3 Å². The summed E-state index contributed by atoms with van der Waals surface area (Å²) in [7, 11) is 0. The molecule has 0 bridgehead atoms. The van der Waals surface area contributed by atoms with Crippen molar-refractivity contribution in [2.75, 3.05) is 6.54 Å². The summed E-state index contributed by atoms with van der Waals surface area (Å²) in [5, 5.41) is 12.2. The average Bonchev–Trinajstić information content (AvgIpc) is 2.39. The van der Waals surface area contributed by atoms with Crippen LogP contribution in [0.4, 0.5) is 0 Å². The number of carbonyl (C=O) groups is 2. The van der Waals surface area contributed by atoms with E-state index in [0.717, 1.165) is 18.4 Å². The minimum Gasteiger partial charge on any atom is -0.481 e. The van der Waals surface area contributed by atoms with Gasteiger partial charge in [0.1, 0.15) is 0 Å². The van der Waals surface area contributed by atoms with Gasteiger partial charge in [-0.1, -0.05) is 29.6 Å². The second-order valence-corrected chi connectivity index (χ2v) is 5.40. The van der Waals surface area contributed by atoms with Gasteiger partial charge < -0.3 is 10.4 Å². The first kappa shape index (κ1) is 17.5. The van der Waals surface area contributed by atoms with E-state index in [-0.39, 0.29) is 12.3 Å². The van der Waals surface area contributed by atoms with E-state index in [9.17, 15) is 9.59 Å². The van der Waals surface area contributed by atoms with Crippen molar-refractivity contribution in [3.05, 3.63) is 39.9 Å². The second kappa shape index (κ2) is 9.42. The third-order valence-corrected chi connectivity index (χ3v) is 3.12. The van der Waals surface area contributed by atoms with Gasteiger partial charge in [-0.05, 0) is 42.7 Å². The molecule has 0 radical (unpaired) electrons. The molecule has 4 nitrogen and oxygen atoms in total. The lowest BCUT2D eigenvalue weighted by Crippen LogP contribution is -2.22. The van der Waals surface area contributed by atoms with E-state index in [4.69, 9.17) is 28.3 Å². The molecule has 0 unspecified atom stereocenters. The fourth-order valence-corrected chi connectivity index (χ4v) is 2.23. The molecule has 0 fully saturated rings. The molecule has 0 aliphatic carbocycles. The number of carboxylic acid groups (broad SMARTS) is 1. The predicted molar refractivity (Wildman–Crippen MR) is 84.6 cm³/mol. The third kappa shape index (κ3) is 8.38. The SMILES string of the molecule is O=C(O)CCCCCNC(=O)/C=C/c1cc(Cl)cc(Cl)c1. The number of hydrogen-bond donors (Lipinski definition) is 2. The number of carboxylic acids is 1. The topological polar surface area (TPSA) is 66.4 Å². The highest BCUT2D eigenvalue weighted by Crippen LogP contribution is 2.19. The molecule has 0 spiro atoms. The molecule has 0 aliphatic heterocycles. The Morgan fingerprint density at radius 2 is 1.76 bits per heavy atom. The number of halogens is 2. The highest BCUT2D eigenvalue weighted by Gasteiger charge is 1.99. The summed E-state index contributed by atoms with van der Waals surface area (Å²) in [6, 6.07) is 5.05. The molecule has 1 aromatic carbocycles. The maximum Gasteiger partial charge on any atom is 0.303 e. The average molecular weight is 330 g/mol. The Kier molecular flexibility index (Phi) is 7.87. The largest absolute Gasteiger partial charge is 0.481 e. The standard InChI is InChI=1S/C15H17Cl2NO3/c16-12-8-11(9-13(17)10-12)5-6-14(19)18-7-3-1-2-4-15(20)21/h5-6,8-10H,1-4,7H2,(H,18,19)(H,20,21)/b6-5+. The Balaban J connectivity index is 2.27. The lowest BCUT2D eigenvalue weighted by atomic mass is 10.2. The zero-order chi connectivity index (χ0) is 15.7. The highest BCUT2D eigenvalue weighted by atomic mass is 35.5. The van der Waals surface area contributed by atoms with Gasteiger partial charge in [0.05, 0.1) is 0 Å². The summed E-state index contributed by atoms with van der Waals surface area (Å²) in [6.45, 7) is 0.527. The smallest absolute Gasteiger partial charge is 0.303 e. The first-order chi connectivity index (χ1) is 9.97. The molecule has 0 heterocycles. The lowest BCUT2D eigenvalue weighted by molar-refractivity contribution is -0.137. The van der Waals surface area contributed by atoms with Gasteiger partial charge in [-0.25, -0.2) is 0 Å². The summed E-state index contributed by atoms with van der Waals surface area (Å²) in [5.41, 5.74) is 0.754. The fraction of sp³-hybridized carbons (Fsp3) is 0.333. The van der Waals surface area contributed by atoms with E-state index in [0.29, 0.717) is 23.0 Å². The van der Waals surface area contributed by atoms with Gasteiger partial charge in [0.25, 0.3) is 0 Å². The van der Waals surface area contributed by atoms with Gasteiger partial charge >= 0.3 is 5.97 Å². The molecule has 0 atom stereocenters. The van der Waals surface area contributed by atoms with Crippen LogP contribution in [0.25, 0.3) is 6.08 Å². The molecule has 1 aromatic rings. The maximum absolute atomic E-state index is 11.6. The van der Waals surface area contributed by atoms with Crippen LogP contribution in [0.2, 0.25) is 10.0 Å². The number of unbranched alkanes of at least 4 members (excludes halogenated alkanes) is 2. The number of benzene rings is 1. The second-order valence-electron chi connectivity index (χ2n) is 4.53. The van der Waals surface area contributed by atoms with Crippen molar-refractivity contribution in [2.45, 2.75) is 25.7 Å². The van der Waals surface area contributed by atoms with E-state index < -0.39 is 5.97 Å². The quantitative estimate of drug-likeness (QED) is 0.563. The van der Waals surface area contributed by atoms with Crippen molar-refractivity contribution in [1.29, 1.82) is 0 Å². The summed E-state index contributed by atoms with van der Waals surface area (Å²) >= 11 is 11.7. The highest BCUT2D eigenvalue weighted by molar-refractivity contribution is 6.34. The van der Waals surface area contributed by atoms with Gasteiger partial charge in [-0.2, -0.15) is 0 Å². The number of hydrogen-bond acceptors (Lipinski definition) is 2. The van der Waals surface area contributed by atoms with Crippen molar-refractivity contribution < 1.29 is 14.7 Å². The van der Waals surface area contributed by atoms with Crippen molar-refractivity contribution in [1.82, 2.24) is 5.32 Å². The van der Waals surface area contributed by atoms with E-state index in [1.807, 2.05) is 0 Å². The van der Waals surface area contributed by atoms with E-state index in [1.54, 1.807) is 24.3 Å². The van der Waals surface area contributed by atoms with Crippen LogP contribution in [0.5, 0.6) is 0 Å². The Labute approximate surface area is 133 Å². The van der Waals surface area contributed by atoms with Gasteiger partial charge in [-0.3, -0.25) is 9.59 Å². The van der Waals surface area contributed by atoms with Crippen LogP contribution < -0.4 is 5.32 Å². The number of aliphatic carboxylic acids is 1. The third-order valence-electron chi connectivity index (χ3n) is 2.68. The van der Waals surface area contributed by atoms with Crippen molar-refractivity contribution in [3.63, 3.8) is 0 Å². The van der Waals surface area contributed by atoms with Gasteiger partial charge in [-0.15, -0.1) is 0 Å². The maximum atomic E-state index is 11.6. The van der Waals surface area contributed by atoms with Crippen LogP contribution in [0.3, 0.4) is 0 Å². The van der Waals surface area contributed by atoms with Crippen molar-refractivity contribution >= 4 is 41.2 Å². The number of rotatable bonds is 8. The van der Waals surface area contributed by atoms with Gasteiger partial charge in [0, 0.05) is 29.1 Å². The predicted octanol–water partition coefficient (Wildman–Crippen LogP) is 3.77. The van der Waals surface area contributed by atoms with Gasteiger partial charge in [0.15, 0.2) is 0 Å². The first-order valence-corrected chi connectivity index (χ1v) is 7.37. The summed E-state index contributed by atoms with van der Waals surface area (Å²) in [5.74, 6) is -0.994. The van der Waals surface area contributed by atoms with Crippen LogP contribution in [-0.2, 0) is 9.59 Å². The molecule has 1 rings (SSSR count). The minimum atomic E-state index is -0.790. The summed E-state index contributed by atoms with van der Waals surface area (Å²) in [4.78, 5) is 21.9. The Morgan fingerprint density at radius 3 is 2.38 bits per heavy atom.